The van der Waals surface area contributed by atoms with Gasteiger partial charge in [-0.1, -0.05) is 6.58 Å². The zero-order valence-electron chi connectivity index (χ0n) is 5.60. The molecular weight excluding hydrogens is 130 g/mol. The summed E-state index contributed by atoms with van der Waals surface area (Å²) in [7, 11) is -0.994. The van der Waals surface area contributed by atoms with Gasteiger partial charge < -0.3 is 9.41 Å². The van der Waals surface area contributed by atoms with Crippen molar-refractivity contribution in [1.82, 2.24) is 4.98 Å². The van der Waals surface area contributed by atoms with Crippen molar-refractivity contribution in [2.45, 2.75) is 18.9 Å². The molecule has 0 aromatic carbocycles. The van der Waals surface area contributed by atoms with Crippen molar-refractivity contribution in [3.05, 3.63) is 12.8 Å². The first-order chi connectivity index (χ1) is 4.43. The van der Waals surface area contributed by atoms with Gasteiger partial charge in [0.1, 0.15) is 0 Å². The fraction of sp³-hybridized carbons (Fsp3) is 0.667. The molecule has 1 N–H and O–H groups in total. The van der Waals surface area contributed by atoms with Crippen LogP contribution in [0.3, 0.4) is 0 Å². The summed E-state index contributed by atoms with van der Waals surface area (Å²) in [5.74, 6) is 0. The first kappa shape index (κ1) is 6.83. The van der Waals surface area contributed by atoms with E-state index in [-0.39, 0.29) is 0 Å². The van der Waals surface area contributed by atoms with Crippen LogP contribution in [0.2, 0.25) is 6.04 Å². The molecule has 0 bridgehead atoms. The standard InChI is InChI=1S/C6H13NOSi/c1-2-7-9-6-4-3-5-8-9/h2,7,9H,1,3-6H2. The van der Waals surface area contributed by atoms with Crippen molar-refractivity contribution in [3.8, 4) is 0 Å². The van der Waals surface area contributed by atoms with E-state index in [0.717, 1.165) is 6.61 Å². The largest absolute Gasteiger partial charge is 0.401 e. The van der Waals surface area contributed by atoms with Crippen molar-refractivity contribution >= 4 is 9.20 Å². The maximum atomic E-state index is 5.47. The van der Waals surface area contributed by atoms with Crippen LogP contribution in [0, 0.1) is 0 Å². The molecule has 0 radical (unpaired) electrons. The highest BCUT2D eigenvalue weighted by Gasteiger charge is 2.13. The van der Waals surface area contributed by atoms with Crippen LogP contribution >= 0.6 is 0 Å². The van der Waals surface area contributed by atoms with Gasteiger partial charge in [-0.25, -0.2) is 0 Å². The second-order valence-corrected chi connectivity index (χ2v) is 4.45. The quantitative estimate of drug-likeness (QED) is 0.576. The Morgan fingerprint density at radius 1 is 1.56 bits per heavy atom. The first-order valence-electron chi connectivity index (χ1n) is 3.42. The molecule has 1 fully saturated rings. The van der Waals surface area contributed by atoms with Crippen molar-refractivity contribution in [1.29, 1.82) is 0 Å². The Morgan fingerprint density at radius 2 is 2.44 bits per heavy atom. The number of hydrogen-bond donors (Lipinski definition) is 1. The van der Waals surface area contributed by atoms with Gasteiger partial charge in [0.15, 0.2) is 0 Å². The molecule has 52 valence electrons. The molecule has 1 unspecified atom stereocenters. The zero-order chi connectivity index (χ0) is 6.53. The Morgan fingerprint density at radius 3 is 3.00 bits per heavy atom. The van der Waals surface area contributed by atoms with E-state index in [4.69, 9.17) is 4.43 Å². The Labute approximate surface area is 57.7 Å². The highest BCUT2D eigenvalue weighted by molar-refractivity contribution is 6.49. The summed E-state index contributed by atoms with van der Waals surface area (Å²) in [5, 5.41) is 0. The van der Waals surface area contributed by atoms with E-state index in [9.17, 15) is 0 Å². The van der Waals surface area contributed by atoms with Crippen LogP contribution in [0.25, 0.3) is 0 Å². The molecule has 1 atom stereocenters. The molecular formula is C6H13NOSi. The normalized spacial score (nSPS) is 27.3. The van der Waals surface area contributed by atoms with Gasteiger partial charge in [0.2, 0.25) is 0 Å². The van der Waals surface area contributed by atoms with Crippen molar-refractivity contribution < 1.29 is 4.43 Å². The molecule has 0 amide bonds. The second kappa shape index (κ2) is 3.69. The summed E-state index contributed by atoms with van der Waals surface area (Å²) in [4.78, 5) is 3.16. The van der Waals surface area contributed by atoms with Gasteiger partial charge in [-0.2, -0.15) is 0 Å². The molecule has 1 rings (SSSR count). The number of hydrogen-bond acceptors (Lipinski definition) is 2. The smallest absolute Gasteiger partial charge is 0.281 e. The molecule has 1 aliphatic heterocycles. The van der Waals surface area contributed by atoms with E-state index in [1.54, 1.807) is 6.20 Å². The zero-order valence-corrected chi connectivity index (χ0v) is 6.75. The first-order valence-corrected chi connectivity index (χ1v) is 5.28. The van der Waals surface area contributed by atoms with Crippen LogP contribution in [0.4, 0.5) is 0 Å². The Kier molecular flexibility index (Phi) is 2.80. The van der Waals surface area contributed by atoms with Crippen LogP contribution in [0.15, 0.2) is 12.8 Å². The molecule has 1 saturated heterocycles. The SMILES string of the molecule is C=CN[SiH]1CCCCO1. The van der Waals surface area contributed by atoms with Gasteiger partial charge in [0, 0.05) is 6.61 Å². The minimum Gasteiger partial charge on any atom is -0.401 e. The third kappa shape index (κ3) is 2.20. The van der Waals surface area contributed by atoms with Crippen molar-refractivity contribution in [3.63, 3.8) is 0 Å². The highest BCUT2D eigenvalue weighted by Crippen LogP contribution is 2.07. The lowest BCUT2D eigenvalue weighted by Gasteiger charge is -2.20. The van der Waals surface area contributed by atoms with Gasteiger partial charge in [0.25, 0.3) is 9.20 Å². The molecule has 9 heavy (non-hydrogen) atoms. The van der Waals surface area contributed by atoms with Crippen LogP contribution in [0.1, 0.15) is 12.8 Å². The summed E-state index contributed by atoms with van der Waals surface area (Å²) >= 11 is 0. The lowest BCUT2D eigenvalue weighted by Crippen LogP contribution is -2.35. The van der Waals surface area contributed by atoms with E-state index in [2.05, 4.69) is 11.6 Å². The maximum absolute atomic E-state index is 5.47. The van der Waals surface area contributed by atoms with E-state index in [0.29, 0.717) is 0 Å². The Bertz CT molecular complexity index is 91.1. The summed E-state index contributed by atoms with van der Waals surface area (Å²) in [6.07, 6.45) is 4.32. The van der Waals surface area contributed by atoms with E-state index in [1.807, 2.05) is 0 Å². The molecule has 0 saturated carbocycles. The van der Waals surface area contributed by atoms with Gasteiger partial charge in [0.05, 0.1) is 0 Å². The Hall–Kier alpha value is -0.283. The number of nitrogens with one attached hydrogen (secondary N) is 1. The average molecular weight is 143 g/mol. The van der Waals surface area contributed by atoms with Gasteiger partial charge in [-0.05, 0) is 25.1 Å². The molecule has 0 aromatic heterocycles. The van der Waals surface area contributed by atoms with Crippen LogP contribution in [0.5, 0.6) is 0 Å². The molecule has 2 nitrogen and oxygen atoms in total. The molecule has 0 aliphatic carbocycles. The molecule has 1 aliphatic rings. The Balaban J connectivity index is 2.15. The third-order valence-corrected chi connectivity index (χ3v) is 3.66. The minimum absolute atomic E-state index is 0.956. The minimum atomic E-state index is -0.994. The van der Waals surface area contributed by atoms with Gasteiger partial charge in [-0.15, -0.1) is 0 Å². The van der Waals surface area contributed by atoms with E-state index in [1.165, 1.54) is 18.9 Å². The summed E-state index contributed by atoms with van der Waals surface area (Å²) in [5.41, 5.74) is 0. The second-order valence-electron chi connectivity index (χ2n) is 2.23. The van der Waals surface area contributed by atoms with Crippen molar-refractivity contribution in [2.75, 3.05) is 6.61 Å². The van der Waals surface area contributed by atoms with Gasteiger partial charge >= 0.3 is 0 Å². The average Bonchev–Trinajstić information content (AvgIpc) is 1.91. The van der Waals surface area contributed by atoms with E-state index < -0.39 is 9.20 Å². The highest BCUT2D eigenvalue weighted by atomic mass is 28.3. The predicted octanol–water partition coefficient (Wildman–Crippen LogP) is 0.750. The van der Waals surface area contributed by atoms with Crippen LogP contribution < -0.4 is 4.98 Å². The third-order valence-electron chi connectivity index (χ3n) is 1.48. The molecule has 0 spiro atoms. The fourth-order valence-electron chi connectivity index (χ4n) is 1.00. The topological polar surface area (TPSA) is 21.3 Å². The molecule has 0 aromatic rings. The summed E-state index contributed by atoms with van der Waals surface area (Å²) in [6.45, 7) is 4.55. The monoisotopic (exact) mass is 143 g/mol. The lowest BCUT2D eigenvalue weighted by atomic mass is 10.4. The van der Waals surface area contributed by atoms with Crippen molar-refractivity contribution in [2.24, 2.45) is 0 Å². The maximum Gasteiger partial charge on any atom is 0.281 e. The molecule has 3 heteroatoms. The van der Waals surface area contributed by atoms with E-state index >= 15 is 0 Å². The predicted molar refractivity (Wildman–Crippen MR) is 40.5 cm³/mol. The number of rotatable bonds is 2. The lowest BCUT2D eigenvalue weighted by molar-refractivity contribution is 0.282. The van der Waals surface area contributed by atoms with Crippen LogP contribution in [-0.4, -0.2) is 15.8 Å². The summed E-state index contributed by atoms with van der Waals surface area (Å²) in [6, 6.07) is 1.26. The fourth-order valence-corrected chi connectivity index (χ4v) is 2.81. The summed E-state index contributed by atoms with van der Waals surface area (Å²) < 4.78 is 5.47. The molecule has 1 heterocycles. The van der Waals surface area contributed by atoms with Gasteiger partial charge in [-0.3, -0.25) is 0 Å². The van der Waals surface area contributed by atoms with Crippen LogP contribution in [-0.2, 0) is 4.43 Å².